The van der Waals surface area contributed by atoms with Gasteiger partial charge in [0, 0.05) is 21.9 Å². The van der Waals surface area contributed by atoms with Gasteiger partial charge in [0.15, 0.2) is 11.5 Å². The summed E-state index contributed by atoms with van der Waals surface area (Å²) in [5, 5.41) is 12.2. The van der Waals surface area contributed by atoms with Gasteiger partial charge in [-0.2, -0.15) is 0 Å². The number of hydrogen-bond acceptors (Lipinski definition) is 6. The van der Waals surface area contributed by atoms with Gasteiger partial charge in [0.2, 0.25) is 0 Å². The van der Waals surface area contributed by atoms with E-state index in [0.717, 1.165) is 15.8 Å². The van der Waals surface area contributed by atoms with E-state index in [9.17, 15) is 10.1 Å². The number of aromatic nitrogens is 1. The zero-order chi connectivity index (χ0) is 18.7. The van der Waals surface area contributed by atoms with Crippen molar-refractivity contribution in [1.82, 2.24) is 4.98 Å². The summed E-state index contributed by atoms with van der Waals surface area (Å²) in [5.41, 5.74) is 1.41. The van der Waals surface area contributed by atoms with Crippen LogP contribution in [0.1, 0.15) is 5.56 Å². The summed E-state index contributed by atoms with van der Waals surface area (Å²) in [6, 6.07) is 12.0. The van der Waals surface area contributed by atoms with E-state index in [0.29, 0.717) is 16.5 Å². The fourth-order valence-corrected chi connectivity index (χ4v) is 3.08. The van der Waals surface area contributed by atoms with Crippen molar-refractivity contribution in [1.29, 1.82) is 0 Å². The van der Waals surface area contributed by atoms with Gasteiger partial charge < -0.3 is 9.47 Å². The number of nitro groups is 1. The van der Waals surface area contributed by atoms with Gasteiger partial charge in [-0.25, -0.2) is 4.98 Å². The molecule has 0 spiro atoms. The number of nitrogens with zero attached hydrogens (tertiary/aromatic N) is 2. The molecule has 0 N–H and O–H groups in total. The van der Waals surface area contributed by atoms with Gasteiger partial charge in [0.05, 0.1) is 23.6 Å². The Hall–Kier alpha value is -2.51. The number of ether oxygens (including phenoxy) is 2. The summed E-state index contributed by atoms with van der Waals surface area (Å²) < 4.78 is 10.9. The molecule has 1 heterocycles. The van der Waals surface area contributed by atoms with Crippen molar-refractivity contribution in [3.8, 4) is 11.5 Å². The van der Waals surface area contributed by atoms with E-state index < -0.39 is 4.92 Å². The van der Waals surface area contributed by atoms with E-state index in [2.05, 4.69) is 4.98 Å². The number of nitro benzene ring substituents is 1. The van der Waals surface area contributed by atoms with Crippen molar-refractivity contribution in [3.63, 3.8) is 0 Å². The molecule has 8 heteroatoms. The number of fused-ring (bicyclic) bond motifs is 1. The molecule has 0 saturated carbocycles. The Balaban J connectivity index is 1.89. The van der Waals surface area contributed by atoms with Crippen LogP contribution < -0.4 is 9.47 Å². The van der Waals surface area contributed by atoms with Gasteiger partial charge in [0.25, 0.3) is 5.69 Å². The number of non-ortho nitro benzene ring substituents is 1. The SMILES string of the molecule is COc1ccc([N+](=O)[O-])cc1OCc1cc2ccc(SC)cc2nc1Cl. The highest BCUT2D eigenvalue weighted by atomic mass is 35.5. The van der Waals surface area contributed by atoms with Gasteiger partial charge in [0.1, 0.15) is 11.8 Å². The Morgan fingerprint density at radius 3 is 2.69 bits per heavy atom. The number of rotatable bonds is 6. The van der Waals surface area contributed by atoms with E-state index in [1.165, 1.54) is 25.3 Å². The number of benzene rings is 2. The highest BCUT2D eigenvalue weighted by Gasteiger charge is 2.14. The lowest BCUT2D eigenvalue weighted by Gasteiger charge is -2.12. The van der Waals surface area contributed by atoms with Crippen molar-refractivity contribution < 1.29 is 14.4 Å². The number of methoxy groups -OCH3 is 1. The minimum absolute atomic E-state index is 0.0758. The molecule has 0 radical (unpaired) electrons. The zero-order valence-corrected chi connectivity index (χ0v) is 15.6. The van der Waals surface area contributed by atoms with Crippen LogP contribution >= 0.6 is 23.4 Å². The average molecular weight is 391 g/mol. The Morgan fingerprint density at radius 2 is 2.00 bits per heavy atom. The third-order valence-corrected chi connectivity index (χ3v) is 4.84. The minimum atomic E-state index is -0.486. The largest absolute Gasteiger partial charge is 0.493 e. The smallest absolute Gasteiger partial charge is 0.273 e. The van der Waals surface area contributed by atoms with Gasteiger partial charge in [-0.05, 0) is 30.5 Å². The van der Waals surface area contributed by atoms with Crippen LogP contribution in [0.4, 0.5) is 5.69 Å². The van der Waals surface area contributed by atoms with E-state index in [4.69, 9.17) is 21.1 Å². The molecule has 0 amide bonds. The molecule has 3 rings (SSSR count). The van der Waals surface area contributed by atoms with E-state index in [-0.39, 0.29) is 18.0 Å². The molecule has 0 unspecified atom stereocenters. The Kier molecular flexibility index (Phi) is 5.49. The molecule has 1 aromatic heterocycles. The van der Waals surface area contributed by atoms with Gasteiger partial charge >= 0.3 is 0 Å². The molecule has 0 aliphatic heterocycles. The fourth-order valence-electron chi connectivity index (χ4n) is 2.44. The van der Waals surface area contributed by atoms with Gasteiger partial charge in [-0.1, -0.05) is 17.7 Å². The van der Waals surface area contributed by atoms with Crippen LogP contribution in [-0.4, -0.2) is 23.3 Å². The van der Waals surface area contributed by atoms with Gasteiger partial charge in [-0.15, -0.1) is 11.8 Å². The second-order valence-corrected chi connectivity index (χ2v) is 6.62. The van der Waals surface area contributed by atoms with Crippen LogP contribution in [0, 0.1) is 10.1 Å². The lowest BCUT2D eigenvalue weighted by molar-refractivity contribution is -0.385. The van der Waals surface area contributed by atoms with E-state index in [1.807, 2.05) is 30.5 Å². The molecule has 3 aromatic rings. The van der Waals surface area contributed by atoms with Crippen LogP contribution in [0.15, 0.2) is 47.4 Å². The standard InChI is InChI=1S/C18H15ClN2O4S/c1-24-16-6-4-13(21(22)23)8-17(16)25-10-12-7-11-3-5-14(26-2)9-15(11)20-18(12)19/h3-9H,10H2,1-2H3. The van der Waals surface area contributed by atoms with Crippen LogP contribution in [-0.2, 0) is 6.61 Å². The second-order valence-electron chi connectivity index (χ2n) is 5.38. The molecule has 134 valence electrons. The third-order valence-electron chi connectivity index (χ3n) is 3.79. The van der Waals surface area contributed by atoms with Crippen LogP contribution in [0.25, 0.3) is 10.9 Å². The van der Waals surface area contributed by atoms with Crippen molar-refractivity contribution >= 4 is 40.0 Å². The van der Waals surface area contributed by atoms with Crippen LogP contribution in [0.5, 0.6) is 11.5 Å². The minimum Gasteiger partial charge on any atom is -0.493 e. The second kappa shape index (κ2) is 7.80. The van der Waals surface area contributed by atoms with Gasteiger partial charge in [-0.3, -0.25) is 10.1 Å². The first kappa shape index (κ1) is 18.3. The molecule has 6 nitrogen and oxygen atoms in total. The van der Waals surface area contributed by atoms with Crippen LogP contribution in [0.2, 0.25) is 5.15 Å². The summed E-state index contributed by atoms with van der Waals surface area (Å²) in [7, 11) is 1.47. The zero-order valence-electron chi connectivity index (χ0n) is 14.1. The Morgan fingerprint density at radius 1 is 1.19 bits per heavy atom. The molecule has 0 atom stereocenters. The molecule has 0 aliphatic rings. The Labute approximate surface area is 159 Å². The lowest BCUT2D eigenvalue weighted by atomic mass is 10.1. The lowest BCUT2D eigenvalue weighted by Crippen LogP contribution is -2.00. The summed E-state index contributed by atoms with van der Waals surface area (Å²) in [4.78, 5) is 16.0. The summed E-state index contributed by atoms with van der Waals surface area (Å²) in [6.45, 7) is 0.115. The molecule has 0 saturated heterocycles. The van der Waals surface area contributed by atoms with Crippen LogP contribution in [0.3, 0.4) is 0 Å². The first-order chi connectivity index (χ1) is 12.5. The maximum Gasteiger partial charge on any atom is 0.273 e. The maximum atomic E-state index is 11.0. The molecule has 0 fully saturated rings. The van der Waals surface area contributed by atoms with Crippen molar-refractivity contribution in [2.75, 3.05) is 13.4 Å². The quantitative estimate of drug-likeness (QED) is 0.252. The maximum absolute atomic E-state index is 11.0. The summed E-state index contributed by atoms with van der Waals surface area (Å²) in [5.74, 6) is 0.681. The predicted molar refractivity (Wildman–Crippen MR) is 103 cm³/mol. The molecule has 2 aromatic carbocycles. The third kappa shape index (κ3) is 3.84. The first-order valence-corrected chi connectivity index (χ1v) is 9.20. The molecular formula is C18H15ClN2O4S. The first-order valence-electron chi connectivity index (χ1n) is 7.60. The molecule has 0 aliphatic carbocycles. The number of thioether (sulfide) groups is 1. The molecule has 26 heavy (non-hydrogen) atoms. The van der Waals surface area contributed by atoms with Crippen molar-refractivity contribution in [2.45, 2.75) is 11.5 Å². The Bertz CT molecular complexity index is 981. The normalized spacial score (nSPS) is 10.7. The van der Waals surface area contributed by atoms with Crippen molar-refractivity contribution in [3.05, 3.63) is 63.3 Å². The number of hydrogen-bond donors (Lipinski definition) is 0. The summed E-state index contributed by atoms with van der Waals surface area (Å²) >= 11 is 7.92. The monoisotopic (exact) mass is 390 g/mol. The van der Waals surface area contributed by atoms with E-state index >= 15 is 0 Å². The molecular weight excluding hydrogens is 376 g/mol. The van der Waals surface area contributed by atoms with E-state index in [1.54, 1.807) is 11.8 Å². The topological polar surface area (TPSA) is 74.5 Å². The number of pyridine rings is 1. The summed E-state index contributed by atoms with van der Waals surface area (Å²) in [6.07, 6.45) is 2.00. The average Bonchev–Trinajstić information content (AvgIpc) is 2.65. The predicted octanol–water partition coefficient (Wildman–Crippen LogP) is 5.11. The highest BCUT2D eigenvalue weighted by molar-refractivity contribution is 7.98. The number of halogens is 1. The highest BCUT2D eigenvalue weighted by Crippen LogP contribution is 2.32. The van der Waals surface area contributed by atoms with Crippen molar-refractivity contribution in [2.24, 2.45) is 0 Å². The fraction of sp³-hybridized carbons (Fsp3) is 0.167. The molecule has 0 bridgehead atoms.